The molecule has 1 atom stereocenters. The maximum atomic E-state index is 8.65. The highest BCUT2D eigenvalue weighted by atomic mass is 14.9. The van der Waals surface area contributed by atoms with E-state index in [0.29, 0.717) is 12.8 Å². The third-order valence-corrected chi connectivity index (χ3v) is 2.21. The average molecular weight is 198 g/mol. The Balaban J connectivity index is 2.71. The smallest absolute Gasteiger partial charge is 0.0643 e. The monoisotopic (exact) mass is 198 g/mol. The van der Waals surface area contributed by atoms with E-state index in [0.717, 1.165) is 11.3 Å². The minimum Gasteiger partial charge on any atom is -0.380 e. The topological polar surface area (TPSA) is 35.8 Å². The predicted molar refractivity (Wildman–Crippen MR) is 62.3 cm³/mol. The molecule has 1 N–H and O–H groups in total. The normalized spacial score (nSPS) is 11.1. The maximum Gasteiger partial charge on any atom is 0.0643 e. The number of anilines is 1. The Labute approximate surface area is 90.9 Å². The summed E-state index contributed by atoms with van der Waals surface area (Å²) in [7, 11) is 0. The average Bonchev–Trinajstić information content (AvgIpc) is 2.22. The molecule has 2 heteroatoms. The van der Waals surface area contributed by atoms with E-state index in [9.17, 15) is 0 Å². The quantitative estimate of drug-likeness (QED) is 0.755. The molecule has 0 heterocycles. The summed E-state index contributed by atoms with van der Waals surface area (Å²) >= 11 is 0. The van der Waals surface area contributed by atoms with Crippen molar-refractivity contribution in [2.75, 3.05) is 5.32 Å². The minimum atomic E-state index is 0.0427. The highest BCUT2D eigenvalue weighted by Crippen LogP contribution is 2.16. The molecule has 0 bridgehead atoms. The van der Waals surface area contributed by atoms with Crippen molar-refractivity contribution >= 4 is 5.69 Å². The fourth-order valence-corrected chi connectivity index (χ4v) is 1.38. The molecular formula is C13H14N2. The van der Waals surface area contributed by atoms with Crippen LogP contribution in [0.2, 0.25) is 0 Å². The molecule has 0 saturated carbocycles. The van der Waals surface area contributed by atoms with Crippen LogP contribution in [0, 0.1) is 30.6 Å². The number of benzene rings is 1. The van der Waals surface area contributed by atoms with Crippen molar-refractivity contribution in [2.45, 2.75) is 25.8 Å². The van der Waals surface area contributed by atoms with Crippen molar-refractivity contribution in [3.05, 3.63) is 29.8 Å². The van der Waals surface area contributed by atoms with Gasteiger partial charge < -0.3 is 5.32 Å². The van der Waals surface area contributed by atoms with Gasteiger partial charge in [0.2, 0.25) is 0 Å². The first-order valence-electron chi connectivity index (χ1n) is 4.90. The zero-order valence-corrected chi connectivity index (χ0v) is 8.83. The number of para-hydroxylation sites is 1. The lowest BCUT2D eigenvalue weighted by molar-refractivity contribution is 0.762. The Kier molecular flexibility index (Phi) is 4.26. The van der Waals surface area contributed by atoms with Gasteiger partial charge in [0, 0.05) is 12.1 Å². The lowest BCUT2D eigenvalue weighted by Gasteiger charge is -2.16. The van der Waals surface area contributed by atoms with E-state index in [4.69, 9.17) is 11.7 Å². The van der Waals surface area contributed by atoms with Crippen LogP contribution in [0.4, 0.5) is 5.69 Å². The van der Waals surface area contributed by atoms with Crippen LogP contribution in [0.25, 0.3) is 0 Å². The molecule has 15 heavy (non-hydrogen) atoms. The second kappa shape index (κ2) is 5.73. The Morgan fingerprint density at radius 2 is 2.13 bits per heavy atom. The van der Waals surface area contributed by atoms with E-state index < -0.39 is 0 Å². The Morgan fingerprint density at radius 3 is 2.73 bits per heavy atom. The van der Waals surface area contributed by atoms with Gasteiger partial charge in [0.05, 0.1) is 18.5 Å². The third-order valence-electron chi connectivity index (χ3n) is 2.21. The van der Waals surface area contributed by atoms with Gasteiger partial charge in [0.25, 0.3) is 0 Å². The van der Waals surface area contributed by atoms with Gasteiger partial charge >= 0.3 is 0 Å². The number of nitrogens with zero attached hydrogens (tertiary/aromatic N) is 1. The van der Waals surface area contributed by atoms with Crippen LogP contribution in [0.15, 0.2) is 24.3 Å². The van der Waals surface area contributed by atoms with Gasteiger partial charge in [-0.25, -0.2) is 0 Å². The Hall–Kier alpha value is -1.93. The van der Waals surface area contributed by atoms with E-state index in [2.05, 4.69) is 17.3 Å². The number of nitrogens with one attached hydrogen (secondary N) is 1. The van der Waals surface area contributed by atoms with Gasteiger partial charge in [-0.05, 0) is 18.6 Å². The summed E-state index contributed by atoms with van der Waals surface area (Å²) in [5, 5.41) is 11.9. The lowest BCUT2D eigenvalue weighted by atomic mass is 10.1. The Morgan fingerprint density at radius 1 is 1.40 bits per heavy atom. The molecule has 0 aromatic heterocycles. The highest BCUT2D eigenvalue weighted by molar-refractivity contribution is 5.51. The molecule has 76 valence electrons. The number of terminal acetylenes is 1. The first-order valence-corrected chi connectivity index (χ1v) is 4.90. The molecule has 0 aliphatic rings. The first kappa shape index (κ1) is 11.1. The summed E-state index contributed by atoms with van der Waals surface area (Å²) in [6.07, 6.45) is 6.25. The van der Waals surface area contributed by atoms with Gasteiger partial charge in [0.15, 0.2) is 0 Å². The van der Waals surface area contributed by atoms with Gasteiger partial charge in [-0.3, -0.25) is 0 Å². The van der Waals surface area contributed by atoms with Crippen molar-refractivity contribution in [1.29, 1.82) is 5.26 Å². The number of rotatable bonds is 4. The largest absolute Gasteiger partial charge is 0.380 e. The second-order valence-electron chi connectivity index (χ2n) is 3.43. The van der Waals surface area contributed by atoms with E-state index in [1.165, 1.54) is 0 Å². The molecule has 2 nitrogen and oxygen atoms in total. The van der Waals surface area contributed by atoms with Crippen molar-refractivity contribution in [3.63, 3.8) is 0 Å². The summed E-state index contributed by atoms with van der Waals surface area (Å²) < 4.78 is 0. The van der Waals surface area contributed by atoms with Crippen molar-refractivity contribution in [1.82, 2.24) is 0 Å². The summed E-state index contributed by atoms with van der Waals surface area (Å²) in [5.41, 5.74) is 2.21. The molecule has 0 radical (unpaired) electrons. The van der Waals surface area contributed by atoms with Crippen LogP contribution in [0.1, 0.15) is 18.4 Å². The molecule has 0 fully saturated rings. The predicted octanol–water partition coefficient (Wildman–Crippen LogP) is 2.71. The molecule has 0 aliphatic heterocycles. The number of hydrogen-bond acceptors (Lipinski definition) is 2. The molecule has 0 saturated heterocycles. The van der Waals surface area contributed by atoms with Gasteiger partial charge in [0.1, 0.15) is 0 Å². The fourth-order valence-electron chi connectivity index (χ4n) is 1.38. The van der Waals surface area contributed by atoms with Crippen LogP contribution in [-0.2, 0) is 0 Å². The van der Waals surface area contributed by atoms with E-state index in [1.54, 1.807) is 0 Å². The summed E-state index contributed by atoms with van der Waals surface area (Å²) in [6.45, 7) is 2.03. The molecule has 0 amide bonds. The van der Waals surface area contributed by atoms with Crippen LogP contribution in [0.3, 0.4) is 0 Å². The zero-order valence-electron chi connectivity index (χ0n) is 8.83. The van der Waals surface area contributed by atoms with Crippen LogP contribution in [0.5, 0.6) is 0 Å². The molecular weight excluding hydrogens is 184 g/mol. The molecule has 0 spiro atoms. The van der Waals surface area contributed by atoms with E-state index in [1.807, 2.05) is 31.2 Å². The molecule has 1 aromatic carbocycles. The molecule has 1 rings (SSSR count). The van der Waals surface area contributed by atoms with Crippen molar-refractivity contribution < 1.29 is 0 Å². The second-order valence-corrected chi connectivity index (χ2v) is 3.43. The van der Waals surface area contributed by atoms with Gasteiger partial charge in [-0.15, -0.1) is 12.3 Å². The standard InChI is InChI=1S/C13H14N2/c1-3-6-12(9-10-14)15-13-8-5-4-7-11(13)2/h1,4-5,7-8,12,15H,6,9H2,2H3. The number of aryl methyl sites for hydroxylation is 1. The van der Waals surface area contributed by atoms with Crippen LogP contribution >= 0.6 is 0 Å². The van der Waals surface area contributed by atoms with Crippen LogP contribution in [-0.4, -0.2) is 6.04 Å². The zero-order chi connectivity index (χ0) is 11.1. The lowest BCUT2D eigenvalue weighted by Crippen LogP contribution is -2.18. The number of hydrogen-bond donors (Lipinski definition) is 1. The SMILES string of the molecule is C#CCC(CC#N)Nc1ccccc1C. The van der Waals surface area contributed by atoms with Gasteiger partial charge in [-0.1, -0.05) is 18.2 Å². The fraction of sp³-hybridized carbons (Fsp3) is 0.308. The van der Waals surface area contributed by atoms with Crippen LogP contribution < -0.4 is 5.32 Å². The maximum absolute atomic E-state index is 8.65. The third kappa shape index (κ3) is 3.37. The molecule has 1 aromatic rings. The molecule has 1 unspecified atom stereocenters. The summed E-state index contributed by atoms with van der Waals surface area (Å²) in [6, 6.07) is 10.2. The first-order chi connectivity index (χ1) is 7.27. The van der Waals surface area contributed by atoms with Crippen molar-refractivity contribution in [3.8, 4) is 18.4 Å². The summed E-state index contributed by atoms with van der Waals surface area (Å²) in [5.74, 6) is 2.58. The Bertz CT molecular complexity index is 380. The molecule has 0 aliphatic carbocycles. The minimum absolute atomic E-state index is 0.0427. The van der Waals surface area contributed by atoms with Crippen molar-refractivity contribution in [2.24, 2.45) is 0 Å². The highest BCUT2D eigenvalue weighted by Gasteiger charge is 2.07. The van der Waals surface area contributed by atoms with E-state index in [-0.39, 0.29) is 6.04 Å². The van der Waals surface area contributed by atoms with Gasteiger partial charge in [-0.2, -0.15) is 5.26 Å². The number of nitriles is 1. The van der Waals surface area contributed by atoms with E-state index >= 15 is 0 Å². The summed E-state index contributed by atoms with van der Waals surface area (Å²) in [4.78, 5) is 0.